The maximum absolute atomic E-state index is 9.85. The lowest BCUT2D eigenvalue weighted by molar-refractivity contribution is 0.1000. The number of benzene rings is 1. The van der Waals surface area contributed by atoms with Crippen molar-refractivity contribution in [1.29, 1.82) is 0 Å². The van der Waals surface area contributed by atoms with Gasteiger partial charge in [0, 0.05) is 17.1 Å². The molecule has 0 saturated carbocycles. The lowest BCUT2D eigenvalue weighted by Gasteiger charge is -2.23. The molecule has 1 atom stereocenters. The molecule has 0 aromatic heterocycles. The van der Waals surface area contributed by atoms with E-state index in [1.165, 1.54) is 0 Å². The van der Waals surface area contributed by atoms with Crippen LogP contribution in [0.25, 0.3) is 0 Å². The summed E-state index contributed by atoms with van der Waals surface area (Å²) < 4.78 is 5.60. The van der Waals surface area contributed by atoms with Gasteiger partial charge in [0.15, 0.2) is 0 Å². The lowest BCUT2D eigenvalue weighted by Crippen LogP contribution is -2.42. The molecule has 0 radical (unpaired) electrons. The van der Waals surface area contributed by atoms with E-state index in [1.54, 1.807) is 0 Å². The van der Waals surface area contributed by atoms with E-state index in [4.69, 9.17) is 16.3 Å². The Balaban J connectivity index is 2.48. The second kappa shape index (κ2) is 6.60. The number of aryl methyl sites for hydroxylation is 2. The molecule has 0 fully saturated rings. The van der Waals surface area contributed by atoms with Crippen LogP contribution in [0.4, 0.5) is 0 Å². The fraction of sp³-hybridized carbons (Fsp3) is 0.600. The Morgan fingerprint density at radius 1 is 1.26 bits per heavy atom. The summed E-state index contributed by atoms with van der Waals surface area (Å²) in [4.78, 5) is 0. The van der Waals surface area contributed by atoms with E-state index in [9.17, 15) is 5.11 Å². The van der Waals surface area contributed by atoms with Crippen molar-refractivity contribution in [2.75, 3.05) is 13.2 Å². The average molecular weight is 286 g/mol. The molecule has 0 unspecified atom stereocenters. The van der Waals surface area contributed by atoms with Crippen LogP contribution in [0.2, 0.25) is 5.02 Å². The van der Waals surface area contributed by atoms with E-state index in [2.05, 4.69) is 26.1 Å². The number of β-amino-alcohol motifs (C(OH)–C–C–N with tert-alkyl or cyclic N) is 1. The normalized spacial score (nSPS) is 13.4. The number of nitrogens with one attached hydrogen (secondary N) is 1. The third-order valence-corrected chi connectivity index (χ3v) is 3.32. The van der Waals surface area contributed by atoms with Crippen molar-refractivity contribution in [3.8, 4) is 5.75 Å². The summed E-state index contributed by atoms with van der Waals surface area (Å²) in [6.45, 7) is 10.9. The highest BCUT2D eigenvalue weighted by Crippen LogP contribution is 2.25. The van der Waals surface area contributed by atoms with Crippen molar-refractivity contribution >= 4 is 11.6 Å². The monoisotopic (exact) mass is 285 g/mol. The standard InChI is InChI=1S/C15H24ClNO2/c1-10-6-13(7-11(2)14(10)16)19-9-12(18)8-17-15(3,4)5/h6-7,12,17-18H,8-9H2,1-5H3/t12-/m0/s1. The van der Waals surface area contributed by atoms with Gasteiger partial charge in [-0.2, -0.15) is 0 Å². The molecule has 1 aromatic rings. The Bertz CT molecular complexity index is 404. The first kappa shape index (κ1) is 16.3. The van der Waals surface area contributed by atoms with Crippen LogP contribution in [0, 0.1) is 13.8 Å². The van der Waals surface area contributed by atoms with E-state index in [0.29, 0.717) is 6.54 Å². The van der Waals surface area contributed by atoms with Gasteiger partial charge < -0.3 is 15.2 Å². The number of rotatable bonds is 5. The minimum absolute atomic E-state index is 0.00553. The summed E-state index contributed by atoms with van der Waals surface area (Å²) in [6.07, 6.45) is -0.532. The fourth-order valence-corrected chi connectivity index (χ4v) is 1.77. The molecule has 0 aliphatic rings. The minimum atomic E-state index is -0.532. The van der Waals surface area contributed by atoms with Crippen LogP contribution < -0.4 is 10.1 Å². The van der Waals surface area contributed by atoms with E-state index >= 15 is 0 Å². The van der Waals surface area contributed by atoms with E-state index in [1.807, 2.05) is 26.0 Å². The molecule has 0 spiro atoms. The topological polar surface area (TPSA) is 41.5 Å². The summed E-state index contributed by atoms with van der Waals surface area (Å²) in [6, 6.07) is 3.78. The Morgan fingerprint density at radius 3 is 2.26 bits per heavy atom. The fourth-order valence-electron chi connectivity index (χ4n) is 1.66. The molecule has 0 aliphatic carbocycles. The summed E-state index contributed by atoms with van der Waals surface area (Å²) in [7, 11) is 0. The van der Waals surface area contributed by atoms with Gasteiger partial charge in [0.05, 0.1) is 0 Å². The zero-order chi connectivity index (χ0) is 14.6. The van der Waals surface area contributed by atoms with Gasteiger partial charge in [-0.15, -0.1) is 0 Å². The minimum Gasteiger partial charge on any atom is -0.491 e. The van der Waals surface area contributed by atoms with Crippen LogP contribution in [0.1, 0.15) is 31.9 Å². The van der Waals surface area contributed by atoms with E-state index in [0.717, 1.165) is 21.9 Å². The Hall–Kier alpha value is -0.770. The maximum atomic E-state index is 9.85. The molecule has 0 aliphatic heterocycles. The van der Waals surface area contributed by atoms with Crippen LogP contribution in [-0.2, 0) is 0 Å². The first-order chi connectivity index (χ1) is 8.69. The van der Waals surface area contributed by atoms with Crippen LogP contribution >= 0.6 is 11.6 Å². The summed E-state index contributed by atoms with van der Waals surface area (Å²) >= 11 is 6.10. The number of hydrogen-bond acceptors (Lipinski definition) is 3. The second-order valence-electron chi connectivity index (χ2n) is 5.97. The molecule has 2 N–H and O–H groups in total. The SMILES string of the molecule is Cc1cc(OC[C@@H](O)CNC(C)(C)C)cc(C)c1Cl. The zero-order valence-corrected chi connectivity index (χ0v) is 13.1. The van der Waals surface area contributed by atoms with Gasteiger partial charge in [-0.3, -0.25) is 0 Å². The van der Waals surface area contributed by atoms with Crippen LogP contribution in [0.5, 0.6) is 5.75 Å². The first-order valence-electron chi connectivity index (χ1n) is 6.51. The highest BCUT2D eigenvalue weighted by molar-refractivity contribution is 6.32. The van der Waals surface area contributed by atoms with Gasteiger partial charge in [0.25, 0.3) is 0 Å². The molecule has 0 saturated heterocycles. The molecule has 0 heterocycles. The van der Waals surface area contributed by atoms with E-state index < -0.39 is 6.10 Å². The molecule has 0 amide bonds. The molecule has 4 heteroatoms. The number of hydrogen-bond donors (Lipinski definition) is 2. The molecule has 1 aromatic carbocycles. The van der Waals surface area contributed by atoms with Gasteiger partial charge in [-0.05, 0) is 57.9 Å². The predicted molar refractivity (Wildman–Crippen MR) is 80.2 cm³/mol. The molecule has 0 bridgehead atoms. The van der Waals surface area contributed by atoms with Crippen LogP contribution in [0.3, 0.4) is 0 Å². The van der Waals surface area contributed by atoms with Crippen LogP contribution in [0.15, 0.2) is 12.1 Å². The Labute approximate surface area is 120 Å². The Kier molecular flexibility index (Phi) is 5.65. The largest absolute Gasteiger partial charge is 0.491 e. The molecule has 108 valence electrons. The smallest absolute Gasteiger partial charge is 0.120 e. The van der Waals surface area contributed by atoms with Crippen molar-refractivity contribution in [2.24, 2.45) is 0 Å². The number of halogens is 1. The highest BCUT2D eigenvalue weighted by atomic mass is 35.5. The van der Waals surface area contributed by atoms with Gasteiger partial charge in [-0.1, -0.05) is 11.6 Å². The zero-order valence-electron chi connectivity index (χ0n) is 12.4. The van der Waals surface area contributed by atoms with Crippen molar-refractivity contribution < 1.29 is 9.84 Å². The predicted octanol–water partition coefficient (Wildman–Crippen LogP) is 3.08. The number of aliphatic hydroxyl groups excluding tert-OH is 1. The third-order valence-electron chi connectivity index (χ3n) is 2.72. The average Bonchev–Trinajstić information content (AvgIpc) is 2.29. The summed E-state index contributed by atoms with van der Waals surface area (Å²) in [5.74, 6) is 0.745. The molecular weight excluding hydrogens is 262 g/mol. The molecule has 19 heavy (non-hydrogen) atoms. The quantitative estimate of drug-likeness (QED) is 0.873. The molecular formula is C15H24ClNO2. The second-order valence-corrected chi connectivity index (χ2v) is 6.34. The third kappa shape index (κ3) is 5.81. The van der Waals surface area contributed by atoms with Crippen molar-refractivity contribution in [3.05, 3.63) is 28.3 Å². The number of ether oxygens (including phenoxy) is 1. The maximum Gasteiger partial charge on any atom is 0.120 e. The Morgan fingerprint density at radius 2 is 1.79 bits per heavy atom. The van der Waals surface area contributed by atoms with Gasteiger partial charge in [-0.25, -0.2) is 0 Å². The highest BCUT2D eigenvalue weighted by Gasteiger charge is 2.13. The summed E-state index contributed by atoms with van der Waals surface area (Å²) in [5.41, 5.74) is 1.96. The van der Waals surface area contributed by atoms with Gasteiger partial charge in [0.1, 0.15) is 18.5 Å². The lowest BCUT2D eigenvalue weighted by atomic mass is 10.1. The summed E-state index contributed by atoms with van der Waals surface area (Å²) in [5, 5.41) is 13.9. The van der Waals surface area contributed by atoms with Gasteiger partial charge >= 0.3 is 0 Å². The van der Waals surface area contributed by atoms with Gasteiger partial charge in [0.2, 0.25) is 0 Å². The number of aliphatic hydroxyl groups is 1. The molecule has 1 rings (SSSR count). The molecule has 3 nitrogen and oxygen atoms in total. The van der Waals surface area contributed by atoms with E-state index in [-0.39, 0.29) is 12.1 Å². The first-order valence-corrected chi connectivity index (χ1v) is 6.89. The van der Waals surface area contributed by atoms with Crippen molar-refractivity contribution in [3.63, 3.8) is 0 Å². The van der Waals surface area contributed by atoms with Crippen molar-refractivity contribution in [1.82, 2.24) is 5.32 Å². The van der Waals surface area contributed by atoms with Crippen molar-refractivity contribution in [2.45, 2.75) is 46.3 Å². The van der Waals surface area contributed by atoms with Crippen LogP contribution in [-0.4, -0.2) is 29.9 Å².